The van der Waals surface area contributed by atoms with Crippen molar-refractivity contribution in [2.75, 3.05) is 6.26 Å². The molecule has 0 unspecified atom stereocenters. The maximum absolute atomic E-state index is 10.4. The number of rotatable bonds is 5. The summed E-state index contributed by atoms with van der Waals surface area (Å²) in [6, 6.07) is 6.21. The zero-order valence-electron chi connectivity index (χ0n) is 8.50. The molecule has 0 aliphatic heterocycles. The highest BCUT2D eigenvalue weighted by atomic mass is 79.9. The van der Waals surface area contributed by atoms with E-state index in [1.165, 1.54) is 10.5 Å². The molecule has 15 heavy (non-hydrogen) atoms. The summed E-state index contributed by atoms with van der Waals surface area (Å²) in [5.74, 6) is -0.727. The van der Waals surface area contributed by atoms with E-state index >= 15 is 0 Å². The van der Waals surface area contributed by atoms with Crippen molar-refractivity contribution in [1.82, 2.24) is 0 Å². The predicted molar refractivity (Wildman–Crippen MR) is 66.5 cm³/mol. The number of carboxylic acids is 1. The smallest absolute Gasteiger partial charge is 0.303 e. The summed E-state index contributed by atoms with van der Waals surface area (Å²) in [6.45, 7) is 0. The van der Waals surface area contributed by atoms with Crippen LogP contribution in [0, 0.1) is 0 Å². The van der Waals surface area contributed by atoms with Crippen molar-refractivity contribution >= 4 is 33.7 Å². The van der Waals surface area contributed by atoms with Gasteiger partial charge in [0.2, 0.25) is 0 Å². The van der Waals surface area contributed by atoms with E-state index in [0.717, 1.165) is 10.9 Å². The van der Waals surface area contributed by atoms with E-state index in [2.05, 4.69) is 28.1 Å². The molecule has 0 amide bonds. The van der Waals surface area contributed by atoms with Crippen LogP contribution >= 0.6 is 27.7 Å². The first kappa shape index (κ1) is 12.6. The highest BCUT2D eigenvalue weighted by Gasteiger charge is 2.01. The molecule has 1 aromatic carbocycles. The summed E-state index contributed by atoms with van der Waals surface area (Å²) in [7, 11) is 0. The van der Waals surface area contributed by atoms with Crippen molar-refractivity contribution in [3.05, 3.63) is 28.2 Å². The minimum atomic E-state index is -0.727. The second-order valence-electron chi connectivity index (χ2n) is 3.25. The van der Waals surface area contributed by atoms with Gasteiger partial charge in [0, 0.05) is 15.8 Å². The number of aliphatic carboxylic acids is 1. The van der Waals surface area contributed by atoms with Crippen molar-refractivity contribution < 1.29 is 9.90 Å². The van der Waals surface area contributed by atoms with E-state index in [0.29, 0.717) is 6.42 Å². The Morgan fingerprint density at radius 1 is 1.47 bits per heavy atom. The molecule has 0 spiro atoms. The molecule has 0 radical (unpaired) electrons. The maximum Gasteiger partial charge on any atom is 0.303 e. The van der Waals surface area contributed by atoms with Crippen molar-refractivity contribution in [3.8, 4) is 0 Å². The van der Waals surface area contributed by atoms with Gasteiger partial charge in [-0.05, 0) is 42.9 Å². The van der Waals surface area contributed by atoms with E-state index in [4.69, 9.17) is 5.11 Å². The standard InChI is InChI=1S/C11H13BrO2S/c1-15-10-6-8(5-9(12)7-10)3-2-4-11(13)14/h5-7H,2-4H2,1H3,(H,13,14). The Morgan fingerprint density at radius 2 is 2.20 bits per heavy atom. The summed E-state index contributed by atoms with van der Waals surface area (Å²) in [5.41, 5.74) is 1.19. The highest BCUT2D eigenvalue weighted by Crippen LogP contribution is 2.23. The number of aryl methyl sites for hydroxylation is 1. The molecule has 0 aliphatic rings. The molecule has 1 aromatic rings. The van der Waals surface area contributed by atoms with Gasteiger partial charge in [-0.3, -0.25) is 4.79 Å². The number of hydrogen-bond acceptors (Lipinski definition) is 2. The minimum absolute atomic E-state index is 0.237. The lowest BCUT2D eigenvalue weighted by molar-refractivity contribution is -0.137. The molecule has 0 aliphatic carbocycles. The van der Waals surface area contributed by atoms with Crippen LogP contribution in [0.15, 0.2) is 27.6 Å². The Bertz CT molecular complexity index is 352. The molecular weight excluding hydrogens is 276 g/mol. The van der Waals surface area contributed by atoms with Crippen molar-refractivity contribution in [2.24, 2.45) is 0 Å². The molecule has 1 N–H and O–H groups in total. The van der Waals surface area contributed by atoms with Gasteiger partial charge in [-0.1, -0.05) is 15.9 Å². The minimum Gasteiger partial charge on any atom is -0.481 e. The van der Waals surface area contributed by atoms with E-state index in [9.17, 15) is 4.79 Å². The van der Waals surface area contributed by atoms with Crippen molar-refractivity contribution in [3.63, 3.8) is 0 Å². The number of thioether (sulfide) groups is 1. The zero-order chi connectivity index (χ0) is 11.3. The average Bonchev–Trinajstić information content (AvgIpc) is 2.16. The average molecular weight is 289 g/mol. The van der Waals surface area contributed by atoms with Crippen LogP contribution in [0.25, 0.3) is 0 Å². The van der Waals surface area contributed by atoms with Crippen LogP contribution in [-0.4, -0.2) is 17.3 Å². The fraction of sp³-hybridized carbons (Fsp3) is 0.364. The Balaban J connectivity index is 2.60. The molecule has 82 valence electrons. The predicted octanol–water partition coefficient (Wildman–Crippen LogP) is 3.58. The number of carbonyl (C=O) groups is 1. The quantitative estimate of drug-likeness (QED) is 0.842. The van der Waals surface area contributed by atoms with Crippen LogP contribution in [0.2, 0.25) is 0 Å². The Labute approximate surface area is 102 Å². The summed E-state index contributed by atoms with van der Waals surface area (Å²) in [5, 5.41) is 8.53. The molecule has 4 heteroatoms. The molecule has 0 atom stereocenters. The third kappa shape index (κ3) is 4.71. The fourth-order valence-corrected chi connectivity index (χ4v) is 2.53. The van der Waals surface area contributed by atoms with E-state index in [1.54, 1.807) is 11.8 Å². The van der Waals surface area contributed by atoms with Gasteiger partial charge in [0.15, 0.2) is 0 Å². The van der Waals surface area contributed by atoms with Crippen LogP contribution in [0.5, 0.6) is 0 Å². The van der Waals surface area contributed by atoms with Crippen molar-refractivity contribution in [1.29, 1.82) is 0 Å². The lowest BCUT2D eigenvalue weighted by Crippen LogP contribution is -1.96. The summed E-state index contributed by atoms with van der Waals surface area (Å²) < 4.78 is 1.06. The number of benzene rings is 1. The van der Waals surface area contributed by atoms with E-state index in [1.807, 2.05) is 12.3 Å². The second kappa shape index (κ2) is 6.18. The third-order valence-electron chi connectivity index (χ3n) is 2.02. The normalized spacial score (nSPS) is 10.3. The summed E-state index contributed by atoms with van der Waals surface area (Å²) in [4.78, 5) is 11.6. The molecule has 2 nitrogen and oxygen atoms in total. The Morgan fingerprint density at radius 3 is 2.80 bits per heavy atom. The summed E-state index contributed by atoms with van der Waals surface area (Å²) in [6.07, 6.45) is 3.78. The topological polar surface area (TPSA) is 37.3 Å². The van der Waals surface area contributed by atoms with Gasteiger partial charge in [0.1, 0.15) is 0 Å². The number of carboxylic acid groups (broad SMARTS) is 1. The van der Waals surface area contributed by atoms with Crippen LogP contribution in [0.4, 0.5) is 0 Å². The third-order valence-corrected chi connectivity index (χ3v) is 3.19. The van der Waals surface area contributed by atoms with E-state index < -0.39 is 5.97 Å². The monoisotopic (exact) mass is 288 g/mol. The fourth-order valence-electron chi connectivity index (χ4n) is 1.33. The van der Waals surface area contributed by atoms with Gasteiger partial charge in [-0.2, -0.15) is 0 Å². The van der Waals surface area contributed by atoms with Gasteiger partial charge in [0.05, 0.1) is 0 Å². The zero-order valence-corrected chi connectivity index (χ0v) is 10.9. The van der Waals surface area contributed by atoms with Crippen LogP contribution < -0.4 is 0 Å². The number of halogens is 1. The number of hydrogen-bond donors (Lipinski definition) is 1. The first-order chi connectivity index (χ1) is 7.11. The first-order valence-corrected chi connectivity index (χ1v) is 6.69. The molecule has 0 heterocycles. The van der Waals surface area contributed by atoms with Crippen LogP contribution in [0.1, 0.15) is 18.4 Å². The van der Waals surface area contributed by atoms with Crippen molar-refractivity contribution in [2.45, 2.75) is 24.2 Å². The molecule has 0 saturated heterocycles. The van der Waals surface area contributed by atoms with Gasteiger partial charge >= 0.3 is 5.97 Å². The molecule has 0 saturated carbocycles. The maximum atomic E-state index is 10.4. The Kier molecular flexibility index (Phi) is 5.19. The second-order valence-corrected chi connectivity index (χ2v) is 5.04. The van der Waals surface area contributed by atoms with Gasteiger partial charge in [-0.25, -0.2) is 0 Å². The van der Waals surface area contributed by atoms with Gasteiger partial charge in [0.25, 0.3) is 0 Å². The SMILES string of the molecule is CSc1cc(Br)cc(CCCC(=O)O)c1. The molecule has 0 aromatic heterocycles. The van der Waals surface area contributed by atoms with E-state index in [-0.39, 0.29) is 6.42 Å². The largest absolute Gasteiger partial charge is 0.481 e. The highest BCUT2D eigenvalue weighted by molar-refractivity contribution is 9.10. The first-order valence-electron chi connectivity index (χ1n) is 4.67. The Hall–Kier alpha value is -0.480. The van der Waals surface area contributed by atoms with Crippen LogP contribution in [0.3, 0.4) is 0 Å². The summed E-state index contributed by atoms with van der Waals surface area (Å²) >= 11 is 5.14. The lowest BCUT2D eigenvalue weighted by Gasteiger charge is -2.04. The molecular formula is C11H13BrO2S. The van der Waals surface area contributed by atoms with Crippen LogP contribution in [-0.2, 0) is 11.2 Å². The molecule has 0 fully saturated rings. The lowest BCUT2D eigenvalue weighted by atomic mass is 10.1. The van der Waals surface area contributed by atoms with Gasteiger partial charge in [-0.15, -0.1) is 11.8 Å². The van der Waals surface area contributed by atoms with Gasteiger partial charge < -0.3 is 5.11 Å². The molecule has 1 rings (SSSR count). The molecule has 0 bridgehead atoms.